The molecule has 1 unspecified atom stereocenters. The molecule has 0 aliphatic carbocycles. The highest BCUT2D eigenvalue weighted by Crippen LogP contribution is 2.20. The smallest absolute Gasteiger partial charge is 0.305 e. The minimum atomic E-state index is -0.746. The molecule has 2 aromatic carbocycles. The van der Waals surface area contributed by atoms with Crippen LogP contribution in [0.15, 0.2) is 54.6 Å². The number of hydrogen-bond donors (Lipinski definition) is 1. The Morgan fingerprint density at radius 3 is 2.48 bits per heavy atom. The standard InChI is InChI=1S/C22H29NO4/c1-3-9-22(25)27-17-20(24)16-23(14-18-10-5-4-6-11-18)15-19-12-7-8-13-21(19)26-2/h4-8,10-13,20,24H,3,9,14-17H2,1-2H3. The van der Waals surface area contributed by atoms with E-state index in [1.54, 1.807) is 7.11 Å². The van der Waals surface area contributed by atoms with Gasteiger partial charge in [0.25, 0.3) is 0 Å². The molecule has 5 heteroatoms. The van der Waals surface area contributed by atoms with Crippen molar-refractivity contribution in [2.24, 2.45) is 0 Å². The lowest BCUT2D eigenvalue weighted by Crippen LogP contribution is -2.35. The number of aliphatic hydroxyl groups excluding tert-OH is 1. The lowest BCUT2D eigenvalue weighted by atomic mass is 10.1. The van der Waals surface area contributed by atoms with Gasteiger partial charge >= 0.3 is 5.97 Å². The van der Waals surface area contributed by atoms with Crippen molar-refractivity contribution in [1.29, 1.82) is 0 Å². The molecule has 0 saturated carbocycles. The Kier molecular flexibility index (Phi) is 8.81. The average molecular weight is 371 g/mol. The van der Waals surface area contributed by atoms with E-state index in [1.807, 2.05) is 49.4 Å². The van der Waals surface area contributed by atoms with Gasteiger partial charge in [-0.3, -0.25) is 9.69 Å². The van der Waals surface area contributed by atoms with Gasteiger partial charge in [-0.2, -0.15) is 0 Å². The molecule has 2 aromatic rings. The van der Waals surface area contributed by atoms with Crippen molar-refractivity contribution in [3.8, 4) is 5.75 Å². The number of para-hydroxylation sites is 1. The zero-order valence-corrected chi connectivity index (χ0v) is 16.1. The SMILES string of the molecule is CCCC(=O)OCC(O)CN(Cc1ccccc1)Cc1ccccc1OC. The summed E-state index contributed by atoms with van der Waals surface area (Å²) < 4.78 is 10.6. The summed E-state index contributed by atoms with van der Waals surface area (Å²) in [4.78, 5) is 13.7. The molecule has 0 bridgehead atoms. The van der Waals surface area contributed by atoms with E-state index in [4.69, 9.17) is 9.47 Å². The highest BCUT2D eigenvalue weighted by molar-refractivity contribution is 5.69. The fourth-order valence-electron chi connectivity index (χ4n) is 2.92. The molecule has 146 valence electrons. The molecule has 0 saturated heterocycles. The molecule has 0 aliphatic rings. The molecule has 0 spiro atoms. The zero-order chi connectivity index (χ0) is 19.5. The second kappa shape index (κ2) is 11.4. The Balaban J connectivity index is 2.04. The summed E-state index contributed by atoms with van der Waals surface area (Å²) in [6, 6.07) is 18.0. The molecule has 0 aliphatic heterocycles. The minimum Gasteiger partial charge on any atom is -0.496 e. The van der Waals surface area contributed by atoms with Crippen LogP contribution in [-0.4, -0.2) is 42.3 Å². The van der Waals surface area contributed by atoms with Gasteiger partial charge in [-0.15, -0.1) is 0 Å². The second-order valence-electron chi connectivity index (χ2n) is 6.55. The number of ether oxygens (including phenoxy) is 2. The molecule has 0 heterocycles. The molecule has 0 radical (unpaired) electrons. The van der Waals surface area contributed by atoms with Gasteiger partial charge in [-0.25, -0.2) is 0 Å². The third-order valence-electron chi connectivity index (χ3n) is 4.20. The van der Waals surface area contributed by atoms with Gasteiger partial charge in [-0.05, 0) is 18.1 Å². The molecule has 1 atom stereocenters. The maximum absolute atomic E-state index is 11.5. The first kappa shape index (κ1) is 20.9. The van der Waals surface area contributed by atoms with E-state index in [9.17, 15) is 9.90 Å². The Labute approximate surface area is 161 Å². The first-order chi connectivity index (χ1) is 13.1. The van der Waals surface area contributed by atoms with Crippen molar-refractivity contribution in [1.82, 2.24) is 4.90 Å². The quantitative estimate of drug-likeness (QED) is 0.614. The van der Waals surface area contributed by atoms with Gasteiger partial charge in [0.15, 0.2) is 0 Å². The van der Waals surface area contributed by atoms with E-state index in [2.05, 4.69) is 17.0 Å². The second-order valence-corrected chi connectivity index (χ2v) is 6.55. The van der Waals surface area contributed by atoms with Gasteiger partial charge in [0, 0.05) is 31.6 Å². The van der Waals surface area contributed by atoms with Crippen molar-refractivity contribution >= 4 is 5.97 Å². The van der Waals surface area contributed by atoms with Crippen molar-refractivity contribution in [3.05, 3.63) is 65.7 Å². The van der Waals surface area contributed by atoms with E-state index in [-0.39, 0.29) is 12.6 Å². The number of carbonyl (C=O) groups excluding carboxylic acids is 1. The summed E-state index contributed by atoms with van der Waals surface area (Å²) in [5.41, 5.74) is 2.20. The third-order valence-corrected chi connectivity index (χ3v) is 4.20. The van der Waals surface area contributed by atoms with E-state index in [0.717, 1.165) is 23.3 Å². The highest BCUT2D eigenvalue weighted by atomic mass is 16.5. The van der Waals surface area contributed by atoms with E-state index in [0.29, 0.717) is 26.1 Å². The number of nitrogens with zero attached hydrogens (tertiary/aromatic N) is 1. The number of esters is 1. The maximum Gasteiger partial charge on any atom is 0.305 e. The van der Waals surface area contributed by atoms with Crippen molar-refractivity contribution in [2.75, 3.05) is 20.3 Å². The highest BCUT2D eigenvalue weighted by Gasteiger charge is 2.16. The number of hydrogen-bond acceptors (Lipinski definition) is 5. The van der Waals surface area contributed by atoms with Crippen LogP contribution in [0.25, 0.3) is 0 Å². The summed E-state index contributed by atoms with van der Waals surface area (Å²) in [5, 5.41) is 10.4. The summed E-state index contributed by atoms with van der Waals surface area (Å²) >= 11 is 0. The monoisotopic (exact) mass is 371 g/mol. The van der Waals surface area contributed by atoms with Crippen LogP contribution in [0.2, 0.25) is 0 Å². The van der Waals surface area contributed by atoms with E-state index in [1.165, 1.54) is 0 Å². The van der Waals surface area contributed by atoms with Gasteiger partial charge in [0.05, 0.1) is 7.11 Å². The predicted molar refractivity (Wildman–Crippen MR) is 105 cm³/mol. The molecule has 0 amide bonds. The fourth-order valence-corrected chi connectivity index (χ4v) is 2.92. The number of benzene rings is 2. The van der Waals surface area contributed by atoms with Crippen LogP contribution in [0.3, 0.4) is 0 Å². The fraction of sp³-hybridized carbons (Fsp3) is 0.409. The lowest BCUT2D eigenvalue weighted by molar-refractivity contribution is -0.147. The number of aliphatic hydroxyl groups is 1. The van der Waals surface area contributed by atoms with E-state index < -0.39 is 6.10 Å². The number of rotatable bonds is 11. The zero-order valence-electron chi connectivity index (χ0n) is 16.1. The van der Waals surface area contributed by atoms with Crippen LogP contribution in [0.4, 0.5) is 0 Å². The molecule has 27 heavy (non-hydrogen) atoms. The molecule has 5 nitrogen and oxygen atoms in total. The topological polar surface area (TPSA) is 59.0 Å². The third kappa shape index (κ3) is 7.41. The minimum absolute atomic E-state index is 0.00997. The first-order valence-corrected chi connectivity index (χ1v) is 9.34. The van der Waals surface area contributed by atoms with Crippen molar-refractivity contribution < 1.29 is 19.4 Å². The molecule has 1 N–H and O–H groups in total. The molecule has 0 aromatic heterocycles. The van der Waals surface area contributed by atoms with Gasteiger partial charge in [0.2, 0.25) is 0 Å². The normalized spacial score (nSPS) is 12.0. The molecule has 2 rings (SSSR count). The van der Waals surface area contributed by atoms with E-state index >= 15 is 0 Å². The summed E-state index contributed by atoms with van der Waals surface area (Å²) in [6.07, 6.45) is 0.370. The van der Waals surface area contributed by atoms with Crippen LogP contribution >= 0.6 is 0 Å². The lowest BCUT2D eigenvalue weighted by Gasteiger charge is -2.26. The predicted octanol–water partition coefficient (Wildman–Crippen LogP) is 3.40. The summed E-state index contributed by atoms with van der Waals surface area (Å²) in [7, 11) is 1.66. The van der Waals surface area contributed by atoms with Crippen LogP contribution in [-0.2, 0) is 22.6 Å². The maximum atomic E-state index is 11.5. The first-order valence-electron chi connectivity index (χ1n) is 9.34. The van der Waals surface area contributed by atoms with Crippen LogP contribution in [0, 0.1) is 0 Å². The average Bonchev–Trinajstić information content (AvgIpc) is 2.68. The van der Waals surface area contributed by atoms with Crippen LogP contribution < -0.4 is 4.74 Å². The van der Waals surface area contributed by atoms with Crippen molar-refractivity contribution in [3.63, 3.8) is 0 Å². The number of carbonyl (C=O) groups is 1. The van der Waals surface area contributed by atoms with Gasteiger partial charge < -0.3 is 14.6 Å². The Hall–Kier alpha value is -2.37. The summed E-state index contributed by atoms with van der Waals surface area (Å²) in [5.74, 6) is 0.551. The van der Waals surface area contributed by atoms with Crippen molar-refractivity contribution in [2.45, 2.75) is 39.0 Å². The van der Waals surface area contributed by atoms with Crippen LogP contribution in [0.1, 0.15) is 30.9 Å². The van der Waals surface area contributed by atoms with Crippen LogP contribution in [0.5, 0.6) is 5.75 Å². The molecule has 0 fully saturated rings. The molecular weight excluding hydrogens is 342 g/mol. The van der Waals surface area contributed by atoms with Gasteiger partial charge in [-0.1, -0.05) is 55.5 Å². The summed E-state index contributed by atoms with van der Waals surface area (Å²) in [6.45, 7) is 3.63. The van der Waals surface area contributed by atoms with Gasteiger partial charge in [0.1, 0.15) is 18.5 Å². The Morgan fingerprint density at radius 2 is 1.78 bits per heavy atom. The Bertz CT molecular complexity index is 690. The number of methoxy groups -OCH3 is 1. The largest absolute Gasteiger partial charge is 0.496 e. The Morgan fingerprint density at radius 1 is 1.07 bits per heavy atom. The molecular formula is C22H29NO4.